The molecule has 2 unspecified atom stereocenters. The van der Waals surface area contributed by atoms with E-state index in [2.05, 4.69) is 4.90 Å². The van der Waals surface area contributed by atoms with Crippen LogP contribution >= 0.6 is 0 Å². The van der Waals surface area contributed by atoms with Gasteiger partial charge in [0.15, 0.2) is 0 Å². The molecule has 0 aliphatic carbocycles. The molecule has 2 heterocycles. The Balaban J connectivity index is 2.10. The number of aliphatic hydroxyl groups excluding tert-OH is 3. The Morgan fingerprint density at radius 1 is 1.21 bits per heavy atom. The number of hydrogen-bond donors (Lipinski definition) is 3. The summed E-state index contributed by atoms with van der Waals surface area (Å²) in [6, 6.07) is 0.100. The maximum absolute atomic E-state index is 9.72. The second-order valence-corrected chi connectivity index (χ2v) is 4.43. The van der Waals surface area contributed by atoms with Crippen LogP contribution in [0.2, 0.25) is 0 Å². The molecule has 4 atom stereocenters. The van der Waals surface area contributed by atoms with E-state index in [0.717, 1.165) is 19.4 Å². The first-order valence-corrected chi connectivity index (χ1v) is 5.46. The quantitative estimate of drug-likeness (QED) is 0.526. The zero-order valence-corrected chi connectivity index (χ0v) is 8.34. The van der Waals surface area contributed by atoms with Crippen LogP contribution in [0.3, 0.4) is 0 Å². The van der Waals surface area contributed by atoms with E-state index < -0.39 is 12.2 Å². The van der Waals surface area contributed by atoms with Gasteiger partial charge in [-0.2, -0.15) is 0 Å². The fourth-order valence-electron chi connectivity index (χ4n) is 2.80. The molecule has 4 nitrogen and oxygen atoms in total. The first-order valence-electron chi connectivity index (χ1n) is 5.46. The third kappa shape index (κ3) is 1.67. The standard InChI is InChI=1S/C10H19NO3/c12-6-8-10(14)9(13)5-7-3-1-2-4-11(7)8/h7-10,12-14H,1-6H2/t7?,8?,9-,10-/m1/s1. The van der Waals surface area contributed by atoms with E-state index in [4.69, 9.17) is 0 Å². The van der Waals surface area contributed by atoms with Crippen molar-refractivity contribution in [1.82, 2.24) is 4.90 Å². The lowest BCUT2D eigenvalue weighted by atomic mass is 9.85. The lowest BCUT2D eigenvalue weighted by Crippen LogP contribution is -2.61. The second-order valence-electron chi connectivity index (χ2n) is 4.43. The Morgan fingerprint density at radius 2 is 2.00 bits per heavy atom. The van der Waals surface area contributed by atoms with Crippen molar-refractivity contribution < 1.29 is 15.3 Å². The number of hydrogen-bond acceptors (Lipinski definition) is 4. The number of piperidine rings is 2. The molecular weight excluding hydrogens is 182 g/mol. The summed E-state index contributed by atoms with van der Waals surface area (Å²) in [6.07, 6.45) is 2.62. The van der Waals surface area contributed by atoms with Crippen molar-refractivity contribution in [2.24, 2.45) is 0 Å². The van der Waals surface area contributed by atoms with Gasteiger partial charge in [0.05, 0.1) is 24.9 Å². The van der Waals surface area contributed by atoms with Gasteiger partial charge in [-0.15, -0.1) is 0 Å². The van der Waals surface area contributed by atoms with Gasteiger partial charge < -0.3 is 15.3 Å². The highest BCUT2D eigenvalue weighted by Gasteiger charge is 2.41. The fraction of sp³-hybridized carbons (Fsp3) is 1.00. The molecule has 0 bridgehead atoms. The third-order valence-corrected chi connectivity index (χ3v) is 3.59. The number of nitrogens with zero attached hydrogens (tertiary/aromatic N) is 1. The molecule has 4 heteroatoms. The van der Waals surface area contributed by atoms with E-state index in [9.17, 15) is 15.3 Å². The van der Waals surface area contributed by atoms with Crippen molar-refractivity contribution in [3.8, 4) is 0 Å². The molecule has 3 N–H and O–H groups in total. The molecule has 0 amide bonds. The average molecular weight is 201 g/mol. The maximum Gasteiger partial charge on any atom is 0.0976 e. The van der Waals surface area contributed by atoms with Crippen LogP contribution in [0.25, 0.3) is 0 Å². The van der Waals surface area contributed by atoms with Gasteiger partial charge in [-0.25, -0.2) is 0 Å². The molecule has 2 saturated heterocycles. The van der Waals surface area contributed by atoms with Gasteiger partial charge in [0.2, 0.25) is 0 Å². The number of rotatable bonds is 1. The first-order chi connectivity index (χ1) is 6.74. The summed E-state index contributed by atoms with van der Waals surface area (Å²) in [6.45, 7) is 0.883. The van der Waals surface area contributed by atoms with Crippen LogP contribution in [-0.2, 0) is 0 Å². The van der Waals surface area contributed by atoms with Gasteiger partial charge in [-0.1, -0.05) is 6.42 Å². The van der Waals surface area contributed by atoms with Crippen LogP contribution in [0.4, 0.5) is 0 Å². The van der Waals surface area contributed by atoms with Gasteiger partial charge >= 0.3 is 0 Å². The van der Waals surface area contributed by atoms with Gasteiger partial charge in [-0.05, 0) is 25.8 Å². The molecule has 0 aromatic rings. The molecule has 2 fully saturated rings. The molecule has 0 saturated carbocycles. The summed E-state index contributed by atoms with van der Waals surface area (Å²) in [5.74, 6) is 0. The maximum atomic E-state index is 9.72. The number of aliphatic hydroxyl groups is 3. The van der Waals surface area contributed by atoms with E-state index in [-0.39, 0.29) is 12.6 Å². The first kappa shape index (κ1) is 10.4. The van der Waals surface area contributed by atoms with Crippen LogP contribution in [0.15, 0.2) is 0 Å². The predicted octanol–water partition coefficient (Wildman–Crippen LogP) is -0.673. The molecular formula is C10H19NO3. The molecule has 2 aliphatic heterocycles. The zero-order valence-electron chi connectivity index (χ0n) is 8.34. The Bertz CT molecular complexity index is 200. The molecule has 0 radical (unpaired) electrons. The zero-order chi connectivity index (χ0) is 10.1. The highest BCUT2D eigenvalue weighted by molar-refractivity contribution is 4.96. The fourth-order valence-corrected chi connectivity index (χ4v) is 2.80. The Kier molecular flexibility index (Phi) is 3.07. The van der Waals surface area contributed by atoms with E-state index >= 15 is 0 Å². The third-order valence-electron chi connectivity index (χ3n) is 3.59. The van der Waals surface area contributed by atoms with Crippen molar-refractivity contribution in [2.45, 2.75) is 50.0 Å². The van der Waals surface area contributed by atoms with Gasteiger partial charge in [0.1, 0.15) is 0 Å². The topological polar surface area (TPSA) is 63.9 Å². The molecule has 2 aliphatic rings. The van der Waals surface area contributed by atoms with Crippen molar-refractivity contribution in [3.63, 3.8) is 0 Å². The van der Waals surface area contributed by atoms with Crippen molar-refractivity contribution in [2.75, 3.05) is 13.2 Å². The van der Waals surface area contributed by atoms with Crippen LogP contribution in [-0.4, -0.2) is 57.7 Å². The van der Waals surface area contributed by atoms with Crippen LogP contribution < -0.4 is 0 Å². The normalized spacial score (nSPS) is 44.8. The predicted molar refractivity (Wildman–Crippen MR) is 51.8 cm³/mol. The van der Waals surface area contributed by atoms with Gasteiger partial charge in [-0.3, -0.25) is 4.90 Å². The van der Waals surface area contributed by atoms with Gasteiger partial charge in [0.25, 0.3) is 0 Å². The number of fused-ring (bicyclic) bond motifs is 1. The SMILES string of the molecule is OCC1[C@@H](O)[C@H](O)CC2CCCCN21. The van der Waals surface area contributed by atoms with E-state index in [1.54, 1.807) is 0 Å². The van der Waals surface area contributed by atoms with E-state index in [0.29, 0.717) is 12.5 Å². The second kappa shape index (κ2) is 4.14. The van der Waals surface area contributed by atoms with Crippen molar-refractivity contribution >= 4 is 0 Å². The summed E-state index contributed by atoms with van der Waals surface area (Å²) >= 11 is 0. The molecule has 2 rings (SSSR count). The average Bonchev–Trinajstić information content (AvgIpc) is 2.20. The smallest absolute Gasteiger partial charge is 0.0976 e. The minimum atomic E-state index is -0.783. The molecule has 0 aromatic carbocycles. The van der Waals surface area contributed by atoms with Crippen molar-refractivity contribution in [3.05, 3.63) is 0 Å². The van der Waals surface area contributed by atoms with Crippen molar-refractivity contribution in [1.29, 1.82) is 0 Å². The molecule has 14 heavy (non-hydrogen) atoms. The molecule has 82 valence electrons. The summed E-state index contributed by atoms with van der Waals surface area (Å²) in [5.41, 5.74) is 0. The summed E-state index contributed by atoms with van der Waals surface area (Å²) in [7, 11) is 0. The van der Waals surface area contributed by atoms with Crippen LogP contribution in [0.1, 0.15) is 25.7 Å². The summed E-state index contributed by atoms with van der Waals surface area (Å²) < 4.78 is 0. The summed E-state index contributed by atoms with van der Waals surface area (Å²) in [4.78, 5) is 2.17. The lowest BCUT2D eigenvalue weighted by molar-refractivity contribution is -0.120. The largest absolute Gasteiger partial charge is 0.395 e. The minimum Gasteiger partial charge on any atom is -0.395 e. The Hall–Kier alpha value is -0.160. The Morgan fingerprint density at radius 3 is 2.71 bits per heavy atom. The Labute approximate surface area is 84.2 Å². The van der Waals surface area contributed by atoms with Crippen LogP contribution in [0.5, 0.6) is 0 Å². The monoisotopic (exact) mass is 201 g/mol. The summed E-state index contributed by atoms with van der Waals surface area (Å²) in [5, 5.41) is 28.6. The highest BCUT2D eigenvalue weighted by Crippen LogP contribution is 2.30. The molecule has 0 spiro atoms. The molecule has 0 aromatic heterocycles. The van der Waals surface area contributed by atoms with Crippen LogP contribution in [0, 0.1) is 0 Å². The van der Waals surface area contributed by atoms with E-state index in [1.165, 1.54) is 6.42 Å². The lowest BCUT2D eigenvalue weighted by Gasteiger charge is -2.48. The highest BCUT2D eigenvalue weighted by atomic mass is 16.3. The van der Waals surface area contributed by atoms with E-state index in [1.807, 2.05) is 0 Å². The minimum absolute atomic E-state index is 0.0608. The van der Waals surface area contributed by atoms with Gasteiger partial charge in [0, 0.05) is 6.04 Å².